The number of fused-ring (bicyclic) bond motifs is 1. The molecule has 0 spiro atoms. The summed E-state index contributed by atoms with van der Waals surface area (Å²) < 4.78 is 1.85. The lowest BCUT2D eigenvalue weighted by Crippen LogP contribution is -2.24. The second-order valence-corrected chi connectivity index (χ2v) is 5.87. The molecule has 0 fully saturated rings. The number of aromatic nitrogens is 2. The molecule has 3 nitrogen and oxygen atoms in total. The number of aryl methyl sites for hydroxylation is 1. The Morgan fingerprint density at radius 3 is 2.61 bits per heavy atom. The molecule has 18 heavy (non-hydrogen) atoms. The number of hydrogen-bond acceptors (Lipinski definition) is 2. The summed E-state index contributed by atoms with van der Waals surface area (Å²) in [5, 5.41) is 4.24. The molecular formula is C15H19N3. The predicted molar refractivity (Wildman–Crippen MR) is 74.9 cm³/mol. The molecule has 0 saturated heterocycles. The Hall–Kier alpha value is -1.77. The minimum absolute atomic E-state index is 0.225. The molecule has 0 unspecified atom stereocenters. The first-order valence-corrected chi connectivity index (χ1v) is 6.32. The van der Waals surface area contributed by atoms with E-state index in [1.54, 1.807) is 0 Å². The second kappa shape index (κ2) is 3.61. The SMILES string of the molecule is CN1CC(C)(C)c2cc(-c3cnn(C)c3)ccc21. The van der Waals surface area contributed by atoms with Crippen LogP contribution in [0.3, 0.4) is 0 Å². The fourth-order valence-electron chi connectivity index (χ4n) is 2.92. The van der Waals surface area contributed by atoms with Crippen LogP contribution in [0.15, 0.2) is 30.6 Å². The van der Waals surface area contributed by atoms with Crippen molar-refractivity contribution in [3.05, 3.63) is 36.2 Å². The zero-order chi connectivity index (χ0) is 12.9. The molecule has 94 valence electrons. The van der Waals surface area contributed by atoms with Crippen molar-refractivity contribution in [2.24, 2.45) is 7.05 Å². The molecule has 1 aromatic heterocycles. The van der Waals surface area contributed by atoms with Gasteiger partial charge in [-0.05, 0) is 23.3 Å². The number of anilines is 1. The maximum Gasteiger partial charge on any atom is 0.0568 e. The fourth-order valence-corrected chi connectivity index (χ4v) is 2.92. The molecular weight excluding hydrogens is 222 g/mol. The van der Waals surface area contributed by atoms with Gasteiger partial charge in [-0.2, -0.15) is 5.10 Å². The lowest BCUT2D eigenvalue weighted by molar-refractivity contribution is 0.563. The average molecular weight is 241 g/mol. The third-order valence-corrected chi connectivity index (χ3v) is 3.81. The van der Waals surface area contributed by atoms with Crippen molar-refractivity contribution in [1.82, 2.24) is 9.78 Å². The van der Waals surface area contributed by atoms with Gasteiger partial charge in [0.2, 0.25) is 0 Å². The predicted octanol–water partition coefficient (Wildman–Crippen LogP) is 2.81. The number of rotatable bonds is 1. The van der Waals surface area contributed by atoms with Crippen LogP contribution in [0.25, 0.3) is 11.1 Å². The van der Waals surface area contributed by atoms with Gasteiger partial charge in [-0.25, -0.2) is 0 Å². The Morgan fingerprint density at radius 2 is 1.94 bits per heavy atom. The zero-order valence-electron chi connectivity index (χ0n) is 11.4. The number of benzene rings is 1. The highest BCUT2D eigenvalue weighted by molar-refractivity contribution is 5.71. The first kappa shape index (κ1) is 11.3. The molecule has 3 rings (SSSR count). The molecule has 0 amide bonds. The molecule has 0 N–H and O–H groups in total. The van der Waals surface area contributed by atoms with Crippen molar-refractivity contribution in [1.29, 1.82) is 0 Å². The largest absolute Gasteiger partial charge is 0.373 e. The molecule has 0 bridgehead atoms. The van der Waals surface area contributed by atoms with E-state index in [2.05, 4.69) is 55.3 Å². The van der Waals surface area contributed by atoms with Crippen molar-refractivity contribution in [2.75, 3.05) is 18.5 Å². The maximum absolute atomic E-state index is 4.24. The highest BCUT2D eigenvalue weighted by Gasteiger charge is 2.33. The molecule has 2 heterocycles. The van der Waals surface area contributed by atoms with Crippen LogP contribution in [0.4, 0.5) is 5.69 Å². The van der Waals surface area contributed by atoms with Crippen molar-refractivity contribution >= 4 is 5.69 Å². The van der Waals surface area contributed by atoms with Crippen molar-refractivity contribution in [2.45, 2.75) is 19.3 Å². The van der Waals surface area contributed by atoms with Crippen LogP contribution in [0.5, 0.6) is 0 Å². The van der Waals surface area contributed by atoms with E-state index in [1.807, 2.05) is 17.9 Å². The number of likely N-dealkylation sites (N-methyl/N-ethyl adjacent to an activating group) is 1. The van der Waals surface area contributed by atoms with Crippen LogP contribution in [0.2, 0.25) is 0 Å². The molecule has 1 aromatic carbocycles. The molecule has 2 aromatic rings. The fraction of sp³-hybridized carbons (Fsp3) is 0.400. The van der Waals surface area contributed by atoms with Crippen molar-refractivity contribution < 1.29 is 0 Å². The highest BCUT2D eigenvalue weighted by Crippen LogP contribution is 2.41. The maximum atomic E-state index is 4.24. The number of nitrogens with zero attached hydrogens (tertiary/aromatic N) is 3. The normalized spacial score (nSPS) is 17.0. The minimum atomic E-state index is 0.225. The zero-order valence-corrected chi connectivity index (χ0v) is 11.4. The summed E-state index contributed by atoms with van der Waals surface area (Å²) in [6, 6.07) is 6.73. The summed E-state index contributed by atoms with van der Waals surface area (Å²) in [5.41, 5.74) is 5.46. The minimum Gasteiger partial charge on any atom is -0.373 e. The third-order valence-electron chi connectivity index (χ3n) is 3.81. The van der Waals surface area contributed by atoms with Gasteiger partial charge in [-0.1, -0.05) is 19.9 Å². The Bertz CT molecular complexity index is 596. The highest BCUT2D eigenvalue weighted by atomic mass is 15.2. The summed E-state index contributed by atoms with van der Waals surface area (Å²) in [7, 11) is 4.12. The van der Waals surface area contributed by atoms with E-state index in [-0.39, 0.29) is 5.41 Å². The van der Waals surface area contributed by atoms with Gasteiger partial charge in [0, 0.05) is 43.5 Å². The molecule has 3 heteroatoms. The summed E-state index contributed by atoms with van der Waals surface area (Å²) in [6.45, 7) is 5.70. The topological polar surface area (TPSA) is 21.1 Å². The van der Waals surface area contributed by atoms with Gasteiger partial charge in [0.05, 0.1) is 6.20 Å². The molecule has 1 aliphatic rings. The Morgan fingerprint density at radius 1 is 1.17 bits per heavy atom. The lowest BCUT2D eigenvalue weighted by atomic mass is 9.85. The van der Waals surface area contributed by atoms with Gasteiger partial charge >= 0.3 is 0 Å². The third kappa shape index (κ3) is 1.62. The van der Waals surface area contributed by atoms with Gasteiger partial charge in [0.1, 0.15) is 0 Å². The molecule has 0 radical (unpaired) electrons. The second-order valence-electron chi connectivity index (χ2n) is 5.87. The summed E-state index contributed by atoms with van der Waals surface area (Å²) in [6.07, 6.45) is 3.99. The van der Waals surface area contributed by atoms with E-state index >= 15 is 0 Å². The van der Waals surface area contributed by atoms with E-state index in [0.29, 0.717) is 0 Å². The van der Waals surface area contributed by atoms with Crippen LogP contribution in [0, 0.1) is 0 Å². The van der Waals surface area contributed by atoms with Crippen LogP contribution in [0.1, 0.15) is 19.4 Å². The van der Waals surface area contributed by atoms with Crippen LogP contribution in [-0.2, 0) is 12.5 Å². The summed E-state index contributed by atoms with van der Waals surface area (Å²) >= 11 is 0. The van der Waals surface area contributed by atoms with Gasteiger partial charge in [0.25, 0.3) is 0 Å². The Kier molecular flexibility index (Phi) is 2.27. The molecule has 1 aliphatic heterocycles. The van der Waals surface area contributed by atoms with E-state index in [9.17, 15) is 0 Å². The van der Waals surface area contributed by atoms with Crippen LogP contribution in [-0.4, -0.2) is 23.4 Å². The van der Waals surface area contributed by atoms with E-state index in [0.717, 1.165) is 6.54 Å². The molecule has 0 aliphatic carbocycles. The van der Waals surface area contributed by atoms with Crippen molar-refractivity contribution in [3.8, 4) is 11.1 Å². The van der Waals surface area contributed by atoms with Gasteiger partial charge in [-0.15, -0.1) is 0 Å². The van der Waals surface area contributed by atoms with Crippen LogP contribution >= 0.6 is 0 Å². The quantitative estimate of drug-likeness (QED) is 0.765. The summed E-state index contributed by atoms with van der Waals surface area (Å²) in [5.74, 6) is 0. The first-order chi connectivity index (χ1) is 8.47. The van der Waals surface area contributed by atoms with Gasteiger partial charge < -0.3 is 4.90 Å². The van der Waals surface area contributed by atoms with Gasteiger partial charge in [-0.3, -0.25) is 4.68 Å². The van der Waals surface area contributed by atoms with Crippen LogP contribution < -0.4 is 4.90 Å². The van der Waals surface area contributed by atoms with E-state index in [1.165, 1.54) is 22.4 Å². The van der Waals surface area contributed by atoms with Gasteiger partial charge in [0.15, 0.2) is 0 Å². The monoisotopic (exact) mass is 241 g/mol. The Labute approximate surface area is 108 Å². The Balaban J connectivity index is 2.12. The summed E-state index contributed by atoms with van der Waals surface area (Å²) in [4.78, 5) is 2.34. The van der Waals surface area contributed by atoms with Crippen molar-refractivity contribution in [3.63, 3.8) is 0 Å². The van der Waals surface area contributed by atoms with E-state index < -0.39 is 0 Å². The average Bonchev–Trinajstić information content (AvgIpc) is 2.82. The van der Waals surface area contributed by atoms with E-state index in [4.69, 9.17) is 0 Å². The number of hydrogen-bond donors (Lipinski definition) is 0. The molecule has 0 saturated carbocycles. The standard InChI is InChI=1S/C15H19N3/c1-15(2)10-17(3)14-6-5-11(7-13(14)15)12-8-16-18(4)9-12/h5-9H,10H2,1-4H3. The smallest absolute Gasteiger partial charge is 0.0568 e. The lowest BCUT2D eigenvalue weighted by Gasteiger charge is -2.18. The molecule has 0 atom stereocenters. The first-order valence-electron chi connectivity index (χ1n) is 6.32.